The van der Waals surface area contributed by atoms with Gasteiger partial charge in [-0.15, -0.1) is 23.1 Å². The van der Waals surface area contributed by atoms with Gasteiger partial charge in [-0.05, 0) is 49.5 Å². The van der Waals surface area contributed by atoms with Crippen LogP contribution in [0.2, 0.25) is 0 Å². The molecule has 7 heteroatoms. The molecule has 2 unspecified atom stereocenters. The van der Waals surface area contributed by atoms with Gasteiger partial charge >= 0.3 is 0 Å². The van der Waals surface area contributed by atoms with Crippen molar-refractivity contribution in [1.29, 1.82) is 0 Å². The van der Waals surface area contributed by atoms with Crippen molar-refractivity contribution >= 4 is 39.2 Å². The largest absolute Gasteiger partial charge is 0.341 e. The smallest absolute Gasteiger partial charge is 0.259 e. The number of carbonyl (C=O) groups excluding carboxylic acids is 1. The fourth-order valence-corrected chi connectivity index (χ4v) is 6.54. The van der Waals surface area contributed by atoms with Crippen molar-refractivity contribution in [3.63, 3.8) is 0 Å². The number of thioether (sulfide) groups is 1. The molecule has 5 nitrogen and oxygen atoms in total. The van der Waals surface area contributed by atoms with E-state index in [0.29, 0.717) is 29.2 Å². The molecule has 2 aromatic rings. The van der Waals surface area contributed by atoms with Crippen LogP contribution in [0.5, 0.6) is 0 Å². The van der Waals surface area contributed by atoms with Gasteiger partial charge in [0.1, 0.15) is 10.7 Å². The first-order valence-corrected chi connectivity index (χ1v) is 11.9. The van der Waals surface area contributed by atoms with Gasteiger partial charge in [0.15, 0.2) is 0 Å². The van der Waals surface area contributed by atoms with E-state index in [0.717, 1.165) is 42.6 Å². The summed E-state index contributed by atoms with van der Waals surface area (Å²) in [6.07, 6.45) is 5.63. The molecule has 27 heavy (non-hydrogen) atoms. The van der Waals surface area contributed by atoms with Crippen LogP contribution in [0.3, 0.4) is 0 Å². The van der Waals surface area contributed by atoms with Crippen LogP contribution in [0.25, 0.3) is 10.2 Å². The van der Waals surface area contributed by atoms with Gasteiger partial charge < -0.3 is 9.88 Å². The molecule has 0 spiro atoms. The first-order valence-electron chi connectivity index (χ1n) is 9.90. The van der Waals surface area contributed by atoms with Crippen molar-refractivity contribution in [2.45, 2.75) is 51.7 Å². The molecule has 2 aromatic heterocycles. The molecule has 1 aliphatic heterocycles. The van der Waals surface area contributed by atoms with Crippen molar-refractivity contribution < 1.29 is 4.79 Å². The van der Waals surface area contributed by atoms with Crippen molar-refractivity contribution in [3.05, 3.63) is 26.6 Å². The number of aryl methyl sites for hydroxylation is 2. The first-order chi connectivity index (χ1) is 13.0. The molecule has 4 rings (SSSR count). The monoisotopic (exact) mass is 405 g/mol. The van der Waals surface area contributed by atoms with E-state index in [2.05, 4.69) is 18.8 Å². The third-order valence-electron chi connectivity index (χ3n) is 5.56. The molecule has 2 atom stereocenters. The molecule has 2 aliphatic rings. The molecule has 3 heterocycles. The zero-order valence-corrected chi connectivity index (χ0v) is 17.7. The molecular weight excluding hydrogens is 378 g/mol. The summed E-state index contributed by atoms with van der Waals surface area (Å²) in [5.41, 5.74) is 1.21. The van der Waals surface area contributed by atoms with Crippen molar-refractivity contribution in [2.24, 2.45) is 11.8 Å². The molecule has 0 bridgehead atoms. The Morgan fingerprint density at radius 2 is 2.00 bits per heavy atom. The molecule has 1 aliphatic carbocycles. The van der Waals surface area contributed by atoms with Gasteiger partial charge in [-0.2, -0.15) is 0 Å². The maximum atomic E-state index is 12.6. The standard InChI is InChI=1S/C20H27N3O2S2/c1-12-7-13(2)9-23(8-12)17(24)11-26-10-16-21-19(25)18-14-5-3-4-6-15(14)27-20(18)22-16/h12-13H,3-11H2,1-2H3,(H,21,22,25). The Bertz CT molecular complexity index is 894. The Balaban J connectivity index is 1.40. The van der Waals surface area contributed by atoms with E-state index >= 15 is 0 Å². The van der Waals surface area contributed by atoms with Crippen LogP contribution in [0.1, 0.15) is 49.4 Å². The average molecular weight is 406 g/mol. The molecule has 1 saturated heterocycles. The number of thiophene rings is 1. The number of aromatic nitrogens is 2. The fraction of sp³-hybridized carbons (Fsp3) is 0.650. The molecule has 0 saturated carbocycles. The van der Waals surface area contributed by atoms with Gasteiger partial charge in [0, 0.05) is 18.0 Å². The van der Waals surface area contributed by atoms with E-state index in [1.165, 1.54) is 23.3 Å². The highest BCUT2D eigenvalue weighted by molar-refractivity contribution is 7.99. The maximum Gasteiger partial charge on any atom is 0.259 e. The second kappa shape index (κ2) is 7.95. The zero-order valence-electron chi connectivity index (χ0n) is 16.0. The second-order valence-electron chi connectivity index (χ2n) is 8.14. The third kappa shape index (κ3) is 4.09. The molecule has 146 valence electrons. The van der Waals surface area contributed by atoms with Gasteiger partial charge in [-0.1, -0.05) is 13.8 Å². The van der Waals surface area contributed by atoms with Crippen molar-refractivity contribution in [2.75, 3.05) is 18.8 Å². The molecule has 0 aromatic carbocycles. The third-order valence-corrected chi connectivity index (χ3v) is 7.67. The number of hydrogen-bond donors (Lipinski definition) is 1. The predicted molar refractivity (Wildman–Crippen MR) is 113 cm³/mol. The number of amides is 1. The number of hydrogen-bond acceptors (Lipinski definition) is 5. The molecule has 1 fully saturated rings. The van der Waals surface area contributed by atoms with Crippen molar-refractivity contribution in [3.8, 4) is 0 Å². The number of aromatic amines is 1. The lowest BCUT2D eigenvalue weighted by Crippen LogP contribution is -2.43. The summed E-state index contributed by atoms with van der Waals surface area (Å²) in [4.78, 5) is 36.9. The van der Waals surface area contributed by atoms with Crippen LogP contribution in [-0.2, 0) is 23.4 Å². The van der Waals surface area contributed by atoms with E-state index in [1.54, 1.807) is 23.1 Å². The minimum atomic E-state index is -0.0139. The number of nitrogens with zero attached hydrogens (tertiary/aromatic N) is 2. The highest BCUT2D eigenvalue weighted by Crippen LogP contribution is 2.33. The van der Waals surface area contributed by atoms with Crippen LogP contribution in [0.4, 0.5) is 0 Å². The van der Waals surface area contributed by atoms with Crippen LogP contribution in [0, 0.1) is 11.8 Å². The number of nitrogens with one attached hydrogen (secondary N) is 1. The Labute approximate surface area is 167 Å². The molecule has 0 radical (unpaired) electrons. The lowest BCUT2D eigenvalue weighted by atomic mass is 9.92. The minimum Gasteiger partial charge on any atom is -0.341 e. The second-order valence-corrected chi connectivity index (χ2v) is 10.2. The normalized spacial score (nSPS) is 22.8. The summed E-state index contributed by atoms with van der Waals surface area (Å²) >= 11 is 3.22. The lowest BCUT2D eigenvalue weighted by Gasteiger charge is -2.35. The SMILES string of the molecule is CC1CC(C)CN(C(=O)CSCc2nc3sc4c(c3c(=O)[nH]2)CCCC4)C1. The first kappa shape index (κ1) is 19.0. The average Bonchev–Trinajstić information content (AvgIpc) is 2.99. The van der Waals surface area contributed by atoms with E-state index in [4.69, 9.17) is 4.98 Å². The Morgan fingerprint density at radius 3 is 2.78 bits per heavy atom. The Kier molecular flexibility index (Phi) is 5.60. The number of fused-ring (bicyclic) bond motifs is 3. The highest BCUT2D eigenvalue weighted by Gasteiger charge is 2.25. The molecule has 1 amide bonds. The predicted octanol–water partition coefficient (Wildman–Crippen LogP) is 3.60. The van der Waals surface area contributed by atoms with Crippen LogP contribution in [0.15, 0.2) is 4.79 Å². The Morgan fingerprint density at radius 1 is 1.26 bits per heavy atom. The zero-order chi connectivity index (χ0) is 19.0. The van der Waals surface area contributed by atoms with Crippen molar-refractivity contribution in [1.82, 2.24) is 14.9 Å². The van der Waals surface area contributed by atoms with E-state index in [1.807, 2.05) is 4.90 Å². The minimum absolute atomic E-state index is 0.0139. The number of H-pyrrole nitrogens is 1. The summed E-state index contributed by atoms with van der Waals surface area (Å²) in [5.74, 6) is 3.05. The lowest BCUT2D eigenvalue weighted by molar-refractivity contribution is -0.130. The van der Waals surface area contributed by atoms with E-state index in [9.17, 15) is 9.59 Å². The van der Waals surface area contributed by atoms with Gasteiger partial charge in [0.25, 0.3) is 5.56 Å². The summed E-state index contributed by atoms with van der Waals surface area (Å²) < 4.78 is 0. The van der Waals surface area contributed by atoms with Gasteiger partial charge in [-0.25, -0.2) is 4.98 Å². The Hall–Kier alpha value is -1.34. The summed E-state index contributed by atoms with van der Waals surface area (Å²) in [5, 5.41) is 0.802. The van der Waals surface area contributed by atoms with E-state index in [-0.39, 0.29) is 11.5 Å². The quantitative estimate of drug-likeness (QED) is 0.844. The molecular formula is C20H27N3O2S2. The van der Waals surface area contributed by atoms with Crippen LogP contribution < -0.4 is 5.56 Å². The topological polar surface area (TPSA) is 66.1 Å². The molecule has 1 N–H and O–H groups in total. The summed E-state index contributed by atoms with van der Waals surface area (Å²) in [6, 6.07) is 0. The summed E-state index contributed by atoms with van der Waals surface area (Å²) in [7, 11) is 0. The number of piperidine rings is 1. The van der Waals surface area contributed by atoms with Gasteiger partial charge in [0.2, 0.25) is 5.91 Å². The fourth-order valence-electron chi connectivity index (χ4n) is 4.47. The number of likely N-dealkylation sites (tertiary alicyclic amines) is 1. The van der Waals surface area contributed by atoms with E-state index < -0.39 is 0 Å². The van der Waals surface area contributed by atoms with Gasteiger partial charge in [-0.3, -0.25) is 9.59 Å². The number of carbonyl (C=O) groups is 1. The van der Waals surface area contributed by atoms with Crippen LogP contribution >= 0.6 is 23.1 Å². The summed E-state index contributed by atoms with van der Waals surface area (Å²) in [6.45, 7) is 6.16. The maximum absolute atomic E-state index is 12.6. The van der Waals surface area contributed by atoms with Gasteiger partial charge in [0.05, 0.1) is 16.9 Å². The van der Waals surface area contributed by atoms with Crippen LogP contribution in [-0.4, -0.2) is 39.6 Å². The highest BCUT2D eigenvalue weighted by atomic mass is 32.2. The number of rotatable bonds is 4.